The van der Waals surface area contributed by atoms with E-state index in [9.17, 15) is 4.79 Å². The van der Waals surface area contributed by atoms with Crippen LogP contribution < -0.4 is 5.32 Å². The molecule has 0 atom stereocenters. The molecule has 0 bridgehead atoms. The van der Waals surface area contributed by atoms with Gasteiger partial charge in [-0.3, -0.25) is 4.79 Å². The highest BCUT2D eigenvalue weighted by molar-refractivity contribution is 6.31. The number of hydrogen-bond donors (Lipinski definition) is 1. The first-order valence-corrected chi connectivity index (χ1v) is 5.84. The summed E-state index contributed by atoms with van der Waals surface area (Å²) in [5, 5.41) is 2.58. The number of hydrogen-bond acceptors (Lipinski definition) is 6. The average molecular weight is 279 g/mol. The summed E-state index contributed by atoms with van der Waals surface area (Å²) in [6, 6.07) is 0. The molecule has 1 aromatic rings. The van der Waals surface area contributed by atoms with E-state index in [-0.39, 0.29) is 29.0 Å². The molecule has 0 spiro atoms. The predicted octanol–water partition coefficient (Wildman–Crippen LogP) is 1.93. The Morgan fingerprint density at radius 3 is 2.53 bits per heavy atom. The highest BCUT2D eigenvalue weighted by Gasteiger charge is 2.06. The summed E-state index contributed by atoms with van der Waals surface area (Å²) < 4.78 is 4.93. The third-order valence-electron chi connectivity index (χ3n) is 1.73. The first-order chi connectivity index (χ1) is 8.11. The van der Waals surface area contributed by atoms with Crippen LogP contribution >= 0.6 is 23.2 Å². The molecular weight excluding hydrogens is 267 g/mol. The third-order valence-corrected chi connectivity index (χ3v) is 2.07. The molecule has 0 radical (unpaired) electrons. The second-order valence-corrected chi connectivity index (χ2v) is 3.80. The number of ether oxygens (including phenoxy) is 1. The minimum atomic E-state index is -0.383. The summed E-state index contributed by atoms with van der Waals surface area (Å²) in [4.78, 5) is 22.3. The lowest BCUT2D eigenvalue weighted by atomic mass is 10.4. The average Bonchev–Trinajstić information content (AvgIpc) is 2.25. The van der Waals surface area contributed by atoms with Crippen molar-refractivity contribution in [2.24, 2.45) is 0 Å². The number of nitrogens with zero attached hydrogens (tertiary/aromatic N) is 3. The number of anilines is 1. The molecule has 1 rings (SSSR count). The van der Waals surface area contributed by atoms with Crippen LogP contribution in [0.1, 0.15) is 19.8 Å². The van der Waals surface area contributed by atoms with Crippen LogP contribution in [0.2, 0.25) is 10.6 Å². The van der Waals surface area contributed by atoms with E-state index in [1.807, 2.05) is 6.92 Å². The molecule has 0 saturated heterocycles. The molecular formula is C9H12Cl2N4O2. The minimum absolute atomic E-state index is 0.0353. The largest absolute Gasteiger partial charge is 0.464 e. The van der Waals surface area contributed by atoms with E-state index in [1.165, 1.54) is 0 Å². The van der Waals surface area contributed by atoms with Gasteiger partial charge in [-0.2, -0.15) is 15.0 Å². The van der Waals surface area contributed by atoms with E-state index in [2.05, 4.69) is 20.3 Å². The first-order valence-electron chi connectivity index (χ1n) is 5.08. The highest BCUT2D eigenvalue weighted by atomic mass is 35.5. The zero-order valence-corrected chi connectivity index (χ0v) is 10.8. The van der Waals surface area contributed by atoms with E-state index in [0.717, 1.165) is 12.8 Å². The Balaban J connectivity index is 2.36. The fourth-order valence-electron chi connectivity index (χ4n) is 0.938. The van der Waals surface area contributed by atoms with Crippen molar-refractivity contribution in [2.45, 2.75) is 19.8 Å². The van der Waals surface area contributed by atoms with Crippen molar-refractivity contribution in [3.63, 3.8) is 0 Å². The number of nitrogens with one attached hydrogen (secondary N) is 1. The van der Waals surface area contributed by atoms with Crippen LogP contribution in [0.4, 0.5) is 5.95 Å². The summed E-state index contributed by atoms with van der Waals surface area (Å²) in [5.74, 6) is -0.242. The quantitative estimate of drug-likeness (QED) is 0.633. The standard InChI is InChI=1S/C9H12Cl2N4O2/c1-2-3-4-17-6(16)5-12-9-14-7(10)13-8(11)15-9/h2-5H2,1H3,(H,12,13,14,15). The number of halogens is 2. The Morgan fingerprint density at radius 2 is 1.94 bits per heavy atom. The molecule has 0 fully saturated rings. The van der Waals surface area contributed by atoms with Crippen molar-refractivity contribution in [3.8, 4) is 0 Å². The lowest BCUT2D eigenvalue weighted by Gasteiger charge is -2.05. The van der Waals surface area contributed by atoms with Crippen LogP contribution in [-0.4, -0.2) is 34.1 Å². The number of rotatable bonds is 6. The third kappa shape index (κ3) is 5.65. The fraction of sp³-hybridized carbons (Fsp3) is 0.556. The fourth-order valence-corrected chi connectivity index (χ4v) is 1.30. The van der Waals surface area contributed by atoms with Crippen LogP contribution in [0.15, 0.2) is 0 Å². The molecule has 17 heavy (non-hydrogen) atoms. The normalized spacial score (nSPS) is 10.1. The van der Waals surface area contributed by atoms with E-state index in [0.29, 0.717) is 6.61 Å². The molecule has 0 amide bonds. The van der Waals surface area contributed by atoms with E-state index in [4.69, 9.17) is 27.9 Å². The predicted molar refractivity (Wildman–Crippen MR) is 64.2 cm³/mol. The van der Waals surface area contributed by atoms with Gasteiger partial charge in [-0.25, -0.2) is 0 Å². The van der Waals surface area contributed by atoms with E-state index in [1.54, 1.807) is 0 Å². The molecule has 1 heterocycles. The van der Waals surface area contributed by atoms with Crippen LogP contribution in [0.3, 0.4) is 0 Å². The lowest BCUT2D eigenvalue weighted by molar-refractivity contribution is -0.141. The SMILES string of the molecule is CCCCOC(=O)CNc1nc(Cl)nc(Cl)n1. The molecule has 0 saturated carbocycles. The van der Waals surface area contributed by atoms with E-state index >= 15 is 0 Å². The van der Waals surface area contributed by atoms with Gasteiger partial charge in [0.05, 0.1) is 6.61 Å². The summed E-state index contributed by atoms with van der Waals surface area (Å²) in [7, 11) is 0. The van der Waals surface area contributed by atoms with Gasteiger partial charge in [-0.15, -0.1) is 0 Å². The second kappa shape index (κ2) is 7.24. The highest BCUT2D eigenvalue weighted by Crippen LogP contribution is 2.09. The van der Waals surface area contributed by atoms with Gasteiger partial charge in [0, 0.05) is 0 Å². The maximum Gasteiger partial charge on any atom is 0.325 e. The van der Waals surface area contributed by atoms with Crippen LogP contribution in [-0.2, 0) is 9.53 Å². The Kier molecular flexibility index (Phi) is 5.93. The molecule has 8 heteroatoms. The van der Waals surface area contributed by atoms with E-state index < -0.39 is 0 Å². The monoisotopic (exact) mass is 278 g/mol. The molecule has 0 aliphatic carbocycles. The zero-order valence-electron chi connectivity index (χ0n) is 9.24. The summed E-state index contributed by atoms with van der Waals surface area (Å²) in [6.45, 7) is 2.39. The molecule has 0 aromatic carbocycles. The second-order valence-electron chi connectivity index (χ2n) is 3.12. The molecule has 1 N–H and O–H groups in total. The minimum Gasteiger partial charge on any atom is -0.464 e. The topological polar surface area (TPSA) is 77.0 Å². The number of esters is 1. The summed E-state index contributed by atoms with van der Waals surface area (Å²) in [5.41, 5.74) is 0. The zero-order chi connectivity index (χ0) is 12.7. The van der Waals surface area contributed by atoms with Gasteiger partial charge in [0.2, 0.25) is 16.5 Å². The van der Waals surface area contributed by atoms with Crippen LogP contribution in [0, 0.1) is 0 Å². The van der Waals surface area contributed by atoms with Gasteiger partial charge < -0.3 is 10.1 Å². The van der Waals surface area contributed by atoms with Crippen molar-refractivity contribution >= 4 is 35.1 Å². The number of carbonyl (C=O) groups excluding carboxylic acids is 1. The Bertz CT molecular complexity index is 369. The molecule has 0 unspecified atom stereocenters. The number of aromatic nitrogens is 3. The Hall–Kier alpha value is -1.14. The number of unbranched alkanes of at least 4 members (excludes halogenated alkanes) is 1. The van der Waals surface area contributed by atoms with Crippen molar-refractivity contribution in [3.05, 3.63) is 10.6 Å². The lowest BCUT2D eigenvalue weighted by Crippen LogP contribution is -2.18. The van der Waals surface area contributed by atoms with Gasteiger partial charge in [-0.1, -0.05) is 13.3 Å². The van der Waals surface area contributed by atoms with Crippen LogP contribution in [0.5, 0.6) is 0 Å². The van der Waals surface area contributed by atoms with Gasteiger partial charge >= 0.3 is 5.97 Å². The molecule has 6 nitrogen and oxygen atoms in total. The molecule has 94 valence electrons. The maximum absolute atomic E-state index is 11.2. The summed E-state index contributed by atoms with van der Waals surface area (Å²) in [6.07, 6.45) is 1.81. The Morgan fingerprint density at radius 1 is 1.29 bits per heavy atom. The summed E-state index contributed by atoms with van der Waals surface area (Å²) >= 11 is 11.1. The Labute approximate surface area is 109 Å². The van der Waals surface area contributed by atoms with Gasteiger partial charge in [0.1, 0.15) is 6.54 Å². The van der Waals surface area contributed by atoms with Gasteiger partial charge in [0.15, 0.2) is 0 Å². The maximum atomic E-state index is 11.2. The molecule has 0 aliphatic heterocycles. The first kappa shape index (κ1) is 13.9. The molecule has 1 aromatic heterocycles. The number of carbonyl (C=O) groups is 1. The van der Waals surface area contributed by atoms with Gasteiger partial charge in [-0.05, 0) is 29.6 Å². The van der Waals surface area contributed by atoms with Crippen molar-refractivity contribution < 1.29 is 9.53 Å². The van der Waals surface area contributed by atoms with Crippen molar-refractivity contribution in [1.29, 1.82) is 0 Å². The van der Waals surface area contributed by atoms with Crippen molar-refractivity contribution in [1.82, 2.24) is 15.0 Å². The molecule has 0 aliphatic rings. The van der Waals surface area contributed by atoms with Crippen LogP contribution in [0.25, 0.3) is 0 Å². The van der Waals surface area contributed by atoms with Crippen molar-refractivity contribution in [2.75, 3.05) is 18.5 Å². The van der Waals surface area contributed by atoms with Gasteiger partial charge in [0.25, 0.3) is 0 Å². The smallest absolute Gasteiger partial charge is 0.325 e.